The number of fused-ring (bicyclic) bond motifs is 2. The highest BCUT2D eigenvalue weighted by atomic mass is 16.5. The molecule has 2 heterocycles. The molecule has 2 unspecified atom stereocenters. The van der Waals surface area contributed by atoms with E-state index in [4.69, 9.17) is 9.47 Å². The minimum Gasteiger partial charge on any atom is -0.489 e. The Morgan fingerprint density at radius 3 is 2.32 bits per heavy atom. The smallest absolute Gasteiger partial charge is 0.313 e. The maximum Gasteiger partial charge on any atom is 0.313 e. The van der Waals surface area contributed by atoms with Gasteiger partial charge in [-0.2, -0.15) is 0 Å². The third-order valence-electron chi connectivity index (χ3n) is 6.32. The highest BCUT2D eigenvalue weighted by molar-refractivity contribution is 5.77. The first-order valence-corrected chi connectivity index (χ1v) is 10.3. The molecule has 4 nitrogen and oxygen atoms in total. The summed E-state index contributed by atoms with van der Waals surface area (Å²) >= 11 is 0. The van der Waals surface area contributed by atoms with Gasteiger partial charge in [0.25, 0.3) is 0 Å². The molecular weight excluding hydrogens is 350 g/mol. The van der Waals surface area contributed by atoms with Crippen molar-refractivity contribution < 1.29 is 14.3 Å². The van der Waals surface area contributed by atoms with Crippen LogP contribution in [0.15, 0.2) is 54.6 Å². The van der Waals surface area contributed by atoms with Gasteiger partial charge < -0.3 is 14.4 Å². The lowest BCUT2D eigenvalue weighted by Crippen LogP contribution is -2.43. The zero-order valence-corrected chi connectivity index (χ0v) is 16.7. The Labute approximate surface area is 167 Å². The van der Waals surface area contributed by atoms with Crippen molar-refractivity contribution in [2.24, 2.45) is 0 Å². The summed E-state index contributed by atoms with van der Waals surface area (Å²) in [6, 6.07) is 19.0. The summed E-state index contributed by atoms with van der Waals surface area (Å²) in [6.45, 7) is 2.46. The van der Waals surface area contributed by atoms with Crippen molar-refractivity contribution in [2.75, 3.05) is 7.05 Å². The maximum atomic E-state index is 12.7. The van der Waals surface area contributed by atoms with E-state index in [0.29, 0.717) is 18.7 Å². The van der Waals surface area contributed by atoms with Crippen LogP contribution in [0.4, 0.5) is 0 Å². The third kappa shape index (κ3) is 4.22. The van der Waals surface area contributed by atoms with Gasteiger partial charge in [0.1, 0.15) is 18.5 Å². The Kier molecular flexibility index (Phi) is 5.67. The minimum absolute atomic E-state index is 0.0668. The first kappa shape index (κ1) is 19.0. The summed E-state index contributed by atoms with van der Waals surface area (Å²) in [5, 5.41) is 0. The largest absolute Gasteiger partial charge is 0.489 e. The summed E-state index contributed by atoms with van der Waals surface area (Å²) in [4.78, 5) is 15.1. The lowest BCUT2D eigenvalue weighted by molar-refractivity contribution is -0.153. The van der Waals surface area contributed by atoms with E-state index in [9.17, 15) is 4.79 Å². The number of piperidine rings is 1. The van der Waals surface area contributed by atoms with E-state index in [0.717, 1.165) is 29.7 Å². The molecule has 148 valence electrons. The predicted octanol–water partition coefficient (Wildman–Crippen LogP) is 4.54. The van der Waals surface area contributed by atoms with Gasteiger partial charge in [-0.05, 0) is 62.9 Å². The van der Waals surface area contributed by atoms with Crippen LogP contribution >= 0.6 is 0 Å². The molecule has 0 radical (unpaired) electrons. The molecule has 2 saturated heterocycles. The van der Waals surface area contributed by atoms with Gasteiger partial charge >= 0.3 is 5.97 Å². The Bertz CT molecular complexity index is 775. The van der Waals surface area contributed by atoms with Crippen molar-refractivity contribution in [3.05, 3.63) is 65.7 Å². The van der Waals surface area contributed by atoms with Crippen LogP contribution in [0.3, 0.4) is 0 Å². The average Bonchev–Trinajstić information content (AvgIpc) is 2.93. The summed E-state index contributed by atoms with van der Waals surface area (Å²) in [7, 11) is 2.20. The zero-order valence-electron chi connectivity index (χ0n) is 16.7. The molecule has 0 amide bonds. The first-order chi connectivity index (χ1) is 13.6. The molecule has 4 rings (SSSR count). The van der Waals surface area contributed by atoms with Crippen LogP contribution in [-0.4, -0.2) is 36.1 Å². The number of ether oxygens (including phenoxy) is 2. The predicted molar refractivity (Wildman–Crippen MR) is 109 cm³/mol. The second kappa shape index (κ2) is 8.36. The molecule has 0 aromatic heterocycles. The fourth-order valence-electron chi connectivity index (χ4n) is 4.45. The van der Waals surface area contributed by atoms with E-state index >= 15 is 0 Å². The van der Waals surface area contributed by atoms with Crippen LogP contribution in [0.1, 0.15) is 49.7 Å². The molecule has 4 atom stereocenters. The van der Waals surface area contributed by atoms with Gasteiger partial charge in [0.2, 0.25) is 0 Å². The highest BCUT2D eigenvalue weighted by Crippen LogP contribution is 2.36. The molecule has 2 bridgehead atoms. The SMILES string of the molecule is CC(C(=O)OC1C[C@H]2CC[C@@H](C1)N2C)c1ccc(OCc2ccccc2)cc1. The van der Waals surface area contributed by atoms with Gasteiger partial charge in [-0.3, -0.25) is 4.79 Å². The molecule has 2 aromatic rings. The van der Waals surface area contributed by atoms with Crippen LogP contribution in [0, 0.1) is 0 Å². The van der Waals surface area contributed by atoms with Crippen LogP contribution in [0.2, 0.25) is 0 Å². The molecule has 2 aliphatic heterocycles. The molecular formula is C24H29NO3. The third-order valence-corrected chi connectivity index (χ3v) is 6.32. The second-order valence-electron chi connectivity index (χ2n) is 8.15. The van der Waals surface area contributed by atoms with Crippen molar-refractivity contribution >= 4 is 5.97 Å². The van der Waals surface area contributed by atoms with Gasteiger partial charge in [0.05, 0.1) is 5.92 Å². The second-order valence-corrected chi connectivity index (χ2v) is 8.15. The van der Waals surface area contributed by atoms with E-state index in [-0.39, 0.29) is 18.0 Å². The van der Waals surface area contributed by atoms with E-state index < -0.39 is 0 Å². The summed E-state index contributed by atoms with van der Waals surface area (Å²) in [5.41, 5.74) is 2.10. The van der Waals surface area contributed by atoms with Crippen molar-refractivity contribution in [3.8, 4) is 5.75 Å². The van der Waals surface area contributed by atoms with Gasteiger partial charge in [0.15, 0.2) is 0 Å². The number of benzene rings is 2. The quantitative estimate of drug-likeness (QED) is 0.691. The van der Waals surface area contributed by atoms with Crippen LogP contribution in [-0.2, 0) is 16.1 Å². The number of carbonyl (C=O) groups excluding carboxylic acids is 1. The fraction of sp³-hybridized carbons (Fsp3) is 0.458. The van der Waals surface area contributed by atoms with E-state index in [1.54, 1.807) is 0 Å². The summed E-state index contributed by atoms with van der Waals surface area (Å²) in [6.07, 6.45) is 4.47. The molecule has 2 fully saturated rings. The summed E-state index contributed by atoms with van der Waals surface area (Å²) < 4.78 is 11.7. The Balaban J connectivity index is 1.30. The highest BCUT2D eigenvalue weighted by Gasteiger charge is 2.40. The topological polar surface area (TPSA) is 38.8 Å². The van der Waals surface area contributed by atoms with Crippen LogP contribution in [0.5, 0.6) is 5.75 Å². The Morgan fingerprint density at radius 2 is 1.68 bits per heavy atom. The molecule has 0 spiro atoms. The lowest BCUT2D eigenvalue weighted by atomic mass is 9.99. The molecule has 0 aliphatic carbocycles. The van der Waals surface area contributed by atoms with Crippen molar-refractivity contribution in [2.45, 2.75) is 63.3 Å². The Morgan fingerprint density at radius 1 is 1.04 bits per heavy atom. The molecule has 2 aliphatic rings. The van der Waals surface area contributed by atoms with Gasteiger partial charge in [-0.25, -0.2) is 0 Å². The average molecular weight is 380 g/mol. The number of hydrogen-bond donors (Lipinski definition) is 0. The molecule has 0 saturated carbocycles. The van der Waals surface area contributed by atoms with Crippen LogP contribution < -0.4 is 4.74 Å². The lowest BCUT2D eigenvalue weighted by Gasteiger charge is -2.36. The molecule has 4 heteroatoms. The molecule has 28 heavy (non-hydrogen) atoms. The van der Waals surface area contributed by atoms with Crippen molar-refractivity contribution in [1.82, 2.24) is 4.90 Å². The van der Waals surface area contributed by atoms with E-state index in [2.05, 4.69) is 11.9 Å². The van der Waals surface area contributed by atoms with Gasteiger partial charge in [-0.1, -0.05) is 42.5 Å². The normalized spacial score (nSPS) is 25.3. The monoisotopic (exact) mass is 379 g/mol. The van der Waals surface area contributed by atoms with E-state index in [1.807, 2.05) is 61.5 Å². The van der Waals surface area contributed by atoms with E-state index in [1.165, 1.54) is 12.8 Å². The number of carbonyl (C=O) groups is 1. The summed E-state index contributed by atoms with van der Waals surface area (Å²) in [5.74, 6) is 0.424. The fourth-order valence-corrected chi connectivity index (χ4v) is 4.45. The number of rotatable bonds is 6. The molecule has 2 aromatic carbocycles. The zero-order chi connectivity index (χ0) is 19.5. The number of esters is 1. The Hall–Kier alpha value is -2.33. The van der Waals surface area contributed by atoms with Crippen molar-refractivity contribution in [1.29, 1.82) is 0 Å². The standard InChI is InChI=1S/C24H29NO3/c1-17(24(26)28-23-14-20-10-11-21(15-23)25(20)2)19-8-12-22(13-9-19)27-16-18-6-4-3-5-7-18/h3-9,12-13,17,20-21,23H,10-11,14-16H2,1-2H3/t17?,20-,21+,23?. The van der Waals surface area contributed by atoms with Gasteiger partial charge in [0, 0.05) is 12.1 Å². The van der Waals surface area contributed by atoms with Crippen LogP contribution in [0.25, 0.3) is 0 Å². The first-order valence-electron chi connectivity index (χ1n) is 10.3. The number of nitrogens with zero attached hydrogens (tertiary/aromatic N) is 1. The maximum absolute atomic E-state index is 12.7. The minimum atomic E-state index is -0.263. The molecule has 0 N–H and O–H groups in total. The van der Waals surface area contributed by atoms with Gasteiger partial charge in [-0.15, -0.1) is 0 Å². The van der Waals surface area contributed by atoms with Crippen molar-refractivity contribution in [3.63, 3.8) is 0 Å². The number of hydrogen-bond acceptors (Lipinski definition) is 4.